The van der Waals surface area contributed by atoms with E-state index in [-0.39, 0.29) is 29.9 Å². The van der Waals surface area contributed by atoms with Crippen molar-refractivity contribution < 1.29 is 14.3 Å². The van der Waals surface area contributed by atoms with Gasteiger partial charge in [0.2, 0.25) is 11.8 Å². The van der Waals surface area contributed by atoms with Crippen LogP contribution in [0, 0.1) is 5.92 Å². The summed E-state index contributed by atoms with van der Waals surface area (Å²) in [5.74, 6) is 0.770. The molecule has 1 N–H and O–H groups in total. The van der Waals surface area contributed by atoms with E-state index in [1.54, 1.807) is 0 Å². The lowest BCUT2D eigenvalue weighted by atomic mass is 9.95. The molecule has 1 aliphatic rings. The second kappa shape index (κ2) is 10.3. The number of ether oxygens (including phenoxy) is 1. The molecule has 2 amide bonds. The summed E-state index contributed by atoms with van der Waals surface area (Å²) in [5.41, 5.74) is 2.04. The van der Waals surface area contributed by atoms with Gasteiger partial charge in [-0.05, 0) is 56.9 Å². The third-order valence-corrected chi connectivity index (χ3v) is 5.45. The van der Waals surface area contributed by atoms with Crippen LogP contribution in [0.3, 0.4) is 0 Å². The van der Waals surface area contributed by atoms with Gasteiger partial charge in [0.1, 0.15) is 5.75 Å². The molecule has 0 saturated carbocycles. The van der Waals surface area contributed by atoms with Crippen LogP contribution in [-0.2, 0) is 16.0 Å². The molecule has 2 aromatic carbocycles. The first-order valence-corrected chi connectivity index (χ1v) is 10.8. The molecule has 30 heavy (non-hydrogen) atoms. The number of nitrogens with one attached hydrogen (secondary N) is 1. The van der Waals surface area contributed by atoms with Crippen LogP contribution in [-0.4, -0.2) is 35.9 Å². The third kappa shape index (κ3) is 6.09. The Morgan fingerprint density at radius 1 is 1.07 bits per heavy atom. The number of hydrogen-bond donors (Lipinski definition) is 1. The molecule has 5 heteroatoms. The number of carbonyl (C=O) groups is 2. The number of hydrogen-bond acceptors (Lipinski definition) is 3. The zero-order chi connectivity index (χ0) is 21.5. The molecule has 1 fully saturated rings. The lowest BCUT2D eigenvalue weighted by Crippen LogP contribution is -2.46. The topological polar surface area (TPSA) is 58.6 Å². The van der Waals surface area contributed by atoms with Crippen LogP contribution in [0.4, 0.5) is 0 Å². The fraction of sp³-hybridized carbons (Fsp3) is 0.440. The molecule has 2 aromatic rings. The van der Waals surface area contributed by atoms with Gasteiger partial charge < -0.3 is 15.0 Å². The van der Waals surface area contributed by atoms with Crippen LogP contribution in [0.2, 0.25) is 0 Å². The fourth-order valence-electron chi connectivity index (χ4n) is 3.82. The fourth-order valence-corrected chi connectivity index (χ4v) is 3.82. The minimum atomic E-state index is -0.163. The van der Waals surface area contributed by atoms with E-state index >= 15 is 0 Å². The Morgan fingerprint density at radius 2 is 1.77 bits per heavy atom. The van der Waals surface area contributed by atoms with Crippen molar-refractivity contribution in [2.45, 2.75) is 52.2 Å². The average molecular weight is 409 g/mol. The van der Waals surface area contributed by atoms with Gasteiger partial charge in [0.25, 0.3) is 0 Å². The summed E-state index contributed by atoms with van der Waals surface area (Å²) in [6, 6.07) is 17.5. The highest BCUT2D eigenvalue weighted by molar-refractivity contribution is 5.82. The minimum absolute atomic E-state index is 0.0159. The molecule has 1 heterocycles. The third-order valence-electron chi connectivity index (χ3n) is 5.45. The highest BCUT2D eigenvalue weighted by Crippen LogP contribution is 2.22. The smallest absolute Gasteiger partial charge is 0.227 e. The number of amides is 2. The van der Waals surface area contributed by atoms with Crippen molar-refractivity contribution in [1.29, 1.82) is 0 Å². The quantitative estimate of drug-likeness (QED) is 0.749. The maximum Gasteiger partial charge on any atom is 0.227 e. The lowest BCUT2D eigenvalue weighted by molar-refractivity contribution is -0.135. The SMILES string of the molecule is CC(C)Oc1ccc(C(C)NC(=O)C2CCCN(C(=O)Cc3ccccc3)C2)cc1. The van der Waals surface area contributed by atoms with Crippen LogP contribution in [0.1, 0.15) is 50.8 Å². The molecule has 1 saturated heterocycles. The van der Waals surface area contributed by atoms with Gasteiger partial charge in [-0.3, -0.25) is 9.59 Å². The van der Waals surface area contributed by atoms with Crippen molar-refractivity contribution in [1.82, 2.24) is 10.2 Å². The Morgan fingerprint density at radius 3 is 2.43 bits per heavy atom. The standard InChI is InChI=1S/C25H32N2O3/c1-18(2)30-23-13-11-21(12-14-23)19(3)26-25(29)22-10-7-15-27(17-22)24(28)16-20-8-5-4-6-9-20/h4-6,8-9,11-14,18-19,22H,7,10,15-17H2,1-3H3,(H,26,29). The van der Waals surface area contributed by atoms with Crippen molar-refractivity contribution in [2.75, 3.05) is 13.1 Å². The van der Waals surface area contributed by atoms with Crippen molar-refractivity contribution in [2.24, 2.45) is 5.92 Å². The summed E-state index contributed by atoms with van der Waals surface area (Å²) >= 11 is 0. The second-order valence-electron chi connectivity index (χ2n) is 8.31. The summed E-state index contributed by atoms with van der Waals surface area (Å²) in [4.78, 5) is 27.4. The molecule has 3 rings (SSSR count). The second-order valence-corrected chi connectivity index (χ2v) is 8.31. The van der Waals surface area contributed by atoms with E-state index in [1.807, 2.05) is 80.3 Å². The molecule has 0 bridgehead atoms. The van der Waals surface area contributed by atoms with Gasteiger partial charge in [0.15, 0.2) is 0 Å². The number of likely N-dealkylation sites (tertiary alicyclic amines) is 1. The van der Waals surface area contributed by atoms with Gasteiger partial charge in [0.05, 0.1) is 24.5 Å². The van der Waals surface area contributed by atoms with Gasteiger partial charge in [-0.15, -0.1) is 0 Å². The molecule has 160 valence electrons. The highest BCUT2D eigenvalue weighted by Gasteiger charge is 2.29. The average Bonchev–Trinajstić information content (AvgIpc) is 2.74. The van der Waals surface area contributed by atoms with Crippen LogP contribution in [0.5, 0.6) is 5.75 Å². The number of benzene rings is 2. The van der Waals surface area contributed by atoms with E-state index in [4.69, 9.17) is 4.74 Å². The van der Waals surface area contributed by atoms with Crippen LogP contribution in [0.15, 0.2) is 54.6 Å². The van der Waals surface area contributed by atoms with E-state index in [0.717, 1.165) is 36.3 Å². The maximum absolute atomic E-state index is 12.8. The monoisotopic (exact) mass is 408 g/mol. The van der Waals surface area contributed by atoms with Crippen molar-refractivity contribution in [3.63, 3.8) is 0 Å². The first kappa shape index (κ1) is 21.9. The lowest BCUT2D eigenvalue weighted by Gasteiger charge is -2.33. The predicted molar refractivity (Wildman–Crippen MR) is 118 cm³/mol. The molecule has 1 aliphatic heterocycles. The minimum Gasteiger partial charge on any atom is -0.491 e. The molecule has 5 nitrogen and oxygen atoms in total. The molecule has 2 unspecified atom stereocenters. The van der Waals surface area contributed by atoms with Crippen molar-refractivity contribution >= 4 is 11.8 Å². The van der Waals surface area contributed by atoms with Gasteiger partial charge in [-0.1, -0.05) is 42.5 Å². The van der Waals surface area contributed by atoms with Crippen LogP contribution in [0.25, 0.3) is 0 Å². The number of carbonyl (C=O) groups excluding carboxylic acids is 2. The van der Waals surface area contributed by atoms with Gasteiger partial charge in [-0.2, -0.15) is 0 Å². The number of piperidine rings is 1. The Balaban J connectivity index is 1.53. The van der Waals surface area contributed by atoms with Crippen LogP contribution < -0.4 is 10.1 Å². The van der Waals surface area contributed by atoms with E-state index < -0.39 is 0 Å². The van der Waals surface area contributed by atoms with Crippen molar-refractivity contribution in [3.05, 3.63) is 65.7 Å². The Hall–Kier alpha value is -2.82. The maximum atomic E-state index is 12.8. The van der Waals surface area contributed by atoms with E-state index in [2.05, 4.69) is 5.32 Å². The van der Waals surface area contributed by atoms with E-state index in [9.17, 15) is 9.59 Å². The summed E-state index contributed by atoms with van der Waals surface area (Å²) in [6.07, 6.45) is 2.19. The zero-order valence-corrected chi connectivity index (χ0v) is 18.1. The molecular formula is C25H32N2O3. The molecular weight excluding hydrogens is 376 g/mol. The molecule has 0 spiro atoms. The molecule has 0 aromatic heterocycles. The summed E-state index contributed by atoms with van der Waals surface area (Å²) in [6.45, 7) is 7.19. The predicted octanol–water partition coefficient (Wildman–Crippen LogP) is 4.13. The first-order chi connectivity index (χ1) is 14.4. The Bertz CT molecular complexity index is 833. The molecule has 2 atom stereocenters. The highest BCUT2D eigenvalue weighted by atomic mass is 16.5. The van der Waals surface area contributed by atoms with Gasteiger partial charge in [0, 0.05) is 13.1 Å². The Kier molecular flexibility index (Phi) is 7.50. The first-order valence-electron chi connectivity index (χ1n) is 10.8. The van der Waals surface area contributed by atoms with Crippen molar-refractivity contribution in [3.8, 4) is 5.75 Å². The summed E-state index contributed by atoms with van der Waals surface area (Å²) in [7, 11) is 0. The van der Waals surface area contributed by atoms with Crippen LogP contribution >= 0.6 is 0 Å². The van der Waals surface area contributed by atoms with E-state index in [0.29, 0.717) is 13.0 Å². The number of nitrogens with zero attached hydrogens (tertiary/aromatic N) is 1. The van der Waals surface area contributed by atoms with Gasteiger partial charge >= 0.3 is 0 Å². The van der Waals surface area contributed by atoms with Gasteiger partial charge in [-0.25, -0.2) is 0 Å². The normalized spacial score (nSPS) is 17.5. The molecule has 0 radical (unpaired) electrons. The largest absolute Gasteiger partial charge is 0.491 e. The summed E-state index contributed by atoms with van der Waals surface area (Å²) in [5, 5.41) is 3.12. The summed E-state index contributed by atoms with van der Waals surface area (Å²) < 4.78 is 5.68. The number of rotatable bonds is 7. The Labute approximate surface area is 179 Å². The molecule has 0 aliphatic carbocycles. The zero-order valence-electron chi connectivity index (χ0n) is 18.1. The van der Waals surface area contributed by atoms with E-state index in [1.165, 1.54) is 0 Å².